The summed E-state index contributed by atoms with van der Waals surface area (Å²) in [6.45, 7) is 0. The van der Waals surface area contributed by atoms with Gasteiger partial charge in [-0.3, -0.25) is 9.48 Å². The molecule has 0 atom stereocenters. The summed E-state index contributed by atoms with van der Waals surface area (Å²) in [6, 6.07) is 3.71. The average molecular weight is 239 g/mol. The van der Waals surface area contributed by atoms with Crippen LogP contribution in [0.4, 0.5) is 0 Å². The highest BCUT2D eigenvalue weighted by atomic mass is 79.9. The van der Waals surface area contributed by atoms with Crippen LogP contribution in [0.25, 0.3) is 10.9 Å². The number of aromatic nitrogens is 2. The zero-order valence-electron chi connectivity index (χ0n) is 6.99. The average Bonchev–Trinajstić information content (AvgIpc) is 2.43. The van der Waals surface area contributed by atoms with E-state index in [0.29, 0.717) is 5.56 Å². The molecule has 0 aliphatic rings. The maximum absolute atomic E-state index is 10.7. The lowest BCUT2D eigenvalue weighted by Gasteiger charge is -1.93. The molecule has 13 heavy (non-hydrogen) atoms. The molecule has 0 saturated heterocycles. The predicted octanol–water partition coefficient (Wildman–Crippen LogP) is 2.15. The third-order valence-corrected chi connectivity index (χ3v) is 2.30. The van der Waals surface area contributed by atoms with E-state index in [-0.39, 0.29) is 0 Å². The number of aldehydes is 1. The fourth-order valence-electron chi connectivity index (χ4n) is 1.33. The molecule has 0 spiro atoms. The minimum atomic E-state index is 0.616. The molecule has 0 N–H and O–H groups in total. The second-order valence-corrected chi connectivity index (χ2v) is 3.77. The van der Waals surface area contributed by atoms with Crippen LogP contribution < -0.4 is 0 Å². The normalized spacial score (nSPS) is 10.6. The summed E-state index contributed by atoms with van der Waals surface area (Å²) in [7, 11) is 1.84. The van der Waals surface area contributed by atoms with E-state index in [2.05, 4.69) is 21.0 Å². The Kier molecular flexibility index (Phi) is 1.92. The molecule has 1 heterocycles. The van der Waals surface area contributed by atoms with Gasteiger partial charge in [0.2, 0.25) is 0 Å². The topological polar surface area (TPSA) is 34.9 Å². The van der Waals surface area contributed by atoms with Gasteiger partial charge < -0.3 is 0 Å². The van der Waals surface area contributed by atoms with E-state index in [4.69, 9.17) is 0 Å². The maximum Gasteiger partial charge on any atom is 0.152 e. The van der Waals surface area contributed by atoms with Crippen molar-refractivity contribution in [3.63, 3.8) is 0 Å². The fourth-order valence-corrected chi connectivity index (χ4v) is 1.83. The van der Waals surface area contributed by atoms with Gasteiger partial charge in [-0.05, 0) is 12.1 Å². The van der Waals surface area contributed by atoms with E-state index in [1.54, 1.807) is 10.7 Å². The van der Waals surface area contributed by atoms with Crippen LogP contribution >= 0.6 is 15.9 Å². The zero-order chi connectivity index (χ0) is 9.42. The highest BCUT2D eigenvalue weighted by molar-refractivity contribution is 9.10. The molecule has 0 fully saturated rings. The molecule has 0 saturated carbocycles. The van der Waals surface area contributed by atoms with Crippen LogP contribution in [0.2, 0.25) is 0 Å². The first-order valence-corrected chi connectivity index (χ1v) is 4.58. The largest absolute Gasteiger partial charge is 0.298 e. The molecule has 66 valence electrons. The van der Waals surface area contributed by atoms with Gasteiger partial charge in [0, 0.05) is 28.7 Å². The van der Waals surface area contributed by atoms with E-state index >= 15 is 0 Å². The summed E-state index contributed by atoms with van der Waals surface area (Å²) in [5.74, 6) is 0. The molecule has 0 bridgehead atoms. The predicted molar refractivity (Wildman–Crippen MR) is 53.8 cm³/mol. The summed E-state index contributed by atoms with van der Waals surface area (Å²) in [4.78, 5) is 10.7. The van der Waals surface area contributed by atoms with Gasteiger partial charge in [0.05, 0.1) is 0 Å². The third-order valence-electron chi connectivity index (χ3n) is 1.84. The Balaban J connectivity index is 2.88. The lowest BCUT2D eigenvalue weighted by molar-refractivity contribution is 0.112. The SMILES string of the molecule is Cn1cc2cc(Br)cc(C=O)c2n1. The Morgan fingerprint density at radius 1 is 1.54 bits per heavy atom. The number of benzene rings is 1. The van der Waals surface area contributed by atoms with Gasteiger partial charge in [-0.25, -0.2) is 0 Å². The smallest absolute Gasteiger partial charge is 0.152 e. The Bertz CT molecular complexity index is 476. The minimum Gasteiger partial charge on any atom is -0.298 e. The van der Waals surface area contributed by atoms with Crippen molar-refractivity contribution >= 4 is 33.1 Å². The second kappa shape index (κ2) is 2.96. The molecule has 0 amide bonds. The Labute approximate surface area is 83.5 Å². The zero-order valence-corrected chi connectivity index (χ0v) is 8.58. The van der Waals surface area contributed by atoms with E-state index < -0.39 is 0 Å². The van der Waals surface area contributed by atoms with Gasteiger partial charge in [0.15, 0.2) is 6.29 Å². The van der Waals surface area contributed by atoms with E-state index in [0.717, 1.165) is 21.7 Å². The molecular formula is C9H7BrN2O. The fraction of sp³-hybridized carbons (Fsp3) is 0.111. The summed E-state index contributed by atoms with van der Waals surface area (Å²) in [5, 5.41) is 5.16. The molecule has 0 radical (unpaired) electrons. The van der Waals surface area contributed by atoms with Gasteiger partial charge in [0.1, 0.15) is 5.52 Å². The molecule has 3 nitrogen and oxygen atoms in total. The first kappa shape index (κ1) is 8.44. The highest BCUT2D eigenvalue weighted by Crippen LogP contribution is 2.21. The van der Waals surface area contributed by atoms with Gasteiger partial charge in [-0.1, -0.05) is 15.9 Å². The number of rotatable bonds is 1. The van der Waals surface area contributed by atoms with Crippen molar-refractivity contribution < 1.29 is 4.79 Å². The van der Waals surface area contributed by atoms with Crippen molar-refractivity contribution in [2.75, 3.05) is 0 Å². The van der Waals surface area contributed by atoms with E-state index in [1.807, 2.05) is 19.3 Å². The van der Waals surface area contributed by atoms with Crippen molar-refractivity contribution in [3.05, 3.63) is 28.4 Å². The number of fused-ring (bicyclic) bond motifs is 1. The van der Waals surface area contributed by atoms with Crippen LogP contribution in [0, 0.1) is 0 Å². The highest BCUT2D eigenvalue weighted by Gasteiger charge is 2.05. The first-order valence-electron chi connectivity index (χ1n) is 3.79. The van der Waals surface area contributed by atoms with Crippen LogP contribution in [0.3, 0.4) is 0 Å². The maximum atomic E-state index is 10.7. The van der Waals surface area contributed by atoms with Crippen LogP contribution in [0.15, 0.2) is 22.8 Å². The van der Waals surface area contributed by atoms with Crippen molar-refractivity contribution in [2.24, 2.45) is 7.05 Å². The molecule has 1 aromatic heterocycles. The number of hydrogen-bond donors (Lipinski definition) is 0. The number of nitrogens with zero attached hydrogens (tertiary/aromatic N) is 2. The Hall–Kier alpha value is -1.16. The lowest BCUT2D eigenvalue weighted by atomic mass is 10.2. The van der Waals surface area contributed by atoms with Crippen molar-refractivity contribution in [1.29, 1.82) is 0 Å². The van der Waals surface area contributed by atoms with Crippen LogP contribution in [-0.2, 0) is 7.05 Å². The molecule has 0 aliphatic heterocycles. The number of carbonyl (C=O) groups is 1. The van der Waals surface area contributed by atoms with Crippen molar-refractivity contribution in [1.82, 2.24) is 9.78 Å². The molecular weight excluding hydrogens is 232 g/mol. The van der Waals surface area contributed by atoms with Gasteiger partial charge >= 0.3 is 0 Å². The summed E-state index contributed by atoms with van der Waals surface area (Å²) >= 11 is 3.34. The van der Waals surface area contributed by atoms with Crippen LogP contribution in [-0.4, -0.2) is 16.1 Å². The molecule has 4 heteroatoms. The molecule has 0 aliphatic carbocycles. The Morgan fingerprint density at radius 3 is 3.00 bits per heavy atom. The van der Waals surface area contributed by atoms with Crippen LogP contribution in [0.5, 0.6) is 0 Å². The lowest BCUT2D eigenvalue weighted by Crippen LogP contribution is -1.87. The van der Waals surface area contributed by atoms with E-state index in [9.17, 15) is 4.79 Å². The number of halogens is 1. The molecule has 0 unspecified atom stereocenters. The summed E-state index contributed by atoms with van der Waals surface area (Å²) in [6.07, 6.45) is 2.70. The van der Waals surface area contributed by atoms with Crippen LogP contribution in [0.1, 0.15) is 10.4 Å². The van der Waals surface area contributed by atoms with Crippen molar-refractivity contribution in [2.45, 2.75) is 0 Å². The molecule has 1 aromatic carbocycles. The van der Waals surface area contributed by atoms with Gasteiger partial charge in [-0.15, -0.1) is 0 Å². The van der Waals surface area contributed by atoms with Gasteiger partial charge in [0.25, 0.3) is 0 Å². The third kappa shape index (κ3) is 1.37. The number of hydrogen-bond acceptors (Lipinski definition) is 2. The first-order chi connectivity index (χ1) is 6.20. The second-order valence-electron chi connectivity index (χ2n) is 2.85. The molecule has 2 aromatic rings. The van der Waals surface area contributed by atoms with Crippen molar-refractivity contribution in [3.8, 4) is 0 Å². The standard InChI is InChI=1S/C9H7BrN2O/c1-12-4-6-2-8(10)3-7(5-13)9(6)11-12/h2-5H,1H3. The van der Waals surface area contributed by atoms with E-state index in [1.165, 1.54) is 0 Å². The Morgan fingerprint density at radius 2 is 2.31 bits per heavy atom. The number of aryl methyl sites for hydroxylation is 1. The number of carbonyl (C=O) groups excluding carboxylic acids is 1. The summed E-state index contributed by atoms with van der Waals surface area (Å²) < 4.78 is 2.60. The molecule has 2 rings (SSSR count). The minimum absolute atomic E-state index is 0.616. The van der Waals surface area contributed by atoms with Gasteiger partial charge in [-0.2, -0.15) is 5.10 Å². The quantitative estimate of drug-likeness (QED) is 0.714. The monoisotopic (exact) mass is 238 g/mol. The summed E-state index contributed by atoms with van der Waals surface area (Å²) in [5.41, 5.74) is 1.37.